The van der Waals surface area contributed by atoms with E-state index in [1.165, 1.54) is 18.2 Å². The topological polar surface area (TPSA) is 96.7 Å². The zero-order valence-electron chi connectivity index (χ0n) is 19.9. The number of rotatable bonds is 9. The number of carbonyl (C=O) groups excluding carboxylic acids is 1. The molecule has 1 aliphatic heterocycles. The van der Waals surface area contributed by atoms with Gasteiger partial charge in [0.15, 0.2) is 0 Å². The minimum absolute atomic E-state index is 0.0493. The molecule has 196 valence electrons. The van der Waals surface area contributed by atoms with Crippen LogP contribution in [0.5, 0.6) is 5.75 Å². The highest BCUT2D eigenvalue weighted by Crippen LogP contribution is 2.29. The second kappa shape index (κ2) is 11.4. The minimum Gasteiger partial charge on any atom is -0.480 e. The van der Waals surface area contributed by atoms with Gasteiger partial charge in [-0.15, -0.1) is 13.2 Å². The number of carboxylic acids is 1. The van der Waals surface area contributed by atoms with Crippen LogP contribution >= 0.6 is 0 Å². The fourth-order valence-electron chi connectivity index (χ4n) is 4.37. The van der Waals surface area contributed by atoms with Gasteiger partial charge in [0.1, 0.15) is 11.8 Å². The molecule has 1 amide bonds. The van der Waals surface area contributed by atoms with Crippen LogP contribution in [0.1, 0.15) is 24.1 Å². The molecular weight excluding hydrogens is 489 g/mol. The van der Waals surface area contributed by atoms with E-state index in [9.17, 15) is 27.9 Å². The van der Waals surface area contributed by atoms with Crippen molar-refractivity contribution in [2.75, 3.05) is 18.0 Å². The molecule has 0 saturated carbocycles. The molecule has 4 rings (SSSR count). The van der Waals surface area contributed by atoms with Gasteiger partial charge >= 0.3 is 12.3 Å². The summed E-state index contributed by atoms with van der Waals surface area (Å²) in [6.07, 6.45) is -0.446. The van der Waals surface area contributed by atoms with Gasteiger partial charge in [-0.25, -0.2) is 9.78 Å². The molecule has 2 heterocycles. The first-order valence-electron chi connectivity index (χ1n) is 11.8. The summed E-state index contributed by atoms with van der Waals surface area (Å²) in [5.41, 5.74) is 2.20. The Bertz CT molecular complexity index is 1210. The fourth-order valence-corrected chi connectivity index (χ4v) is 4.37. The van der Waals surface area contributed by atoms with Gasteiger partial charge in [0, 0.05) is 49.9 Å². The van der Waals surface area contributed by atoms with Crippen LogP contribution in [0, 0.1) is 5.92 Å². The predicted molar refractivity (Wildman–Crippen MR) is 129 cm³/mol. The monoisotopic (exact) mass is 516 g/mol. The van der Waals surface area contributed by atoms with Gasteiger partial charge in [0.2, 0.25) is 5.91 Å². The SMILES string of the molecule is O=C(NC(Cc1cn(Cc2ccccc2)cn1)C(=O)O)C1CCN(c2cccc(OC(F)(F)F)c2)CC1. The zero-order chi connectivity index (χ0) is 26.4. The van der Waals surface area contributed by atoms with E-state index in [4.69, 9.17) is 0 Å². The van der Waals surface area contributed by atoms with Crippen molar-refractivity contribution in [3.05, 3.63) is 78.4 Å². The first-order chi connectivity index (χ1) is 17.7. The van der Waals surface area contributed by atoms with E-state index >= 15 is 0 Å². The highest BCUT2D eigenvalue weighted by Gasteiger charge is 2.32. The van der Waals surface area contributed by atoms with Gasteiger partial charge in [0.25, 0.3) is 0 Å². The number of hydrogen-bond donors (Lipinski definition) is 2. The Balaban J connectivity index is 1.30. The van der Waals surface area contributed by atoms with Gasteiger partial charge in [-0.3, -0.25) is 4.79 Å². The smallest absolute Gasteiger partial charge is 0.480 e. The van der Waals surface area contributed by atoms with Crippen molar-refractivity contribution in [1.29, 1.82) is 0 Å². The lowest BCUT2D eigenvalue weighted by molar-refractivity contribution is -0.274. The molecule has 1 aromatic heterocycles. The number of carbonyl (C=O) groups is 2. The molecule has 2 N–H and O–H groups in total. The van der Waals surface area contributed by atoms with E-state index in [-0.39, 0.29) is 18.1 Å². The van der Waals surface area contributed by atoms with E-state index in [0.29, 0.717) is 43.9 Å². The Labute approximate surface area is 211 Å². The number of nitrogens with one attached hydrogen (secondary N) is 1. The summed E-state index contributed by atoms with van der Waals surface area (Å²) < 4.78 is 43.4. The Morgan fingerprint density at radius 3 is 2.51 bits per heavy atom. The molecule has 8 nitrogen and oxygen atoms in total. The number of nitrogens with zero attached hydrogens (tertiary/aromatic N) is 3. The van der Waals surface area contributed by atoms with Crippen LogP contribution in [-0.2, 0) is 22.6 Å². The number of carboxylic acid groups (broad SMARTS) is 1. The average Bonchev–Trinajstić information content (AvgIpc) is 3.30. The summed E-state index contributed by atoms with van der Waals surface area (Å²) in [4.78, 5) is 30.8. The molecule has 0 radical (unpaired) electrons. The van der Waals surface area contributed by atoms with E-state index in [1.54, 1.807) is 18.6 Å². The number of ether oxygens (including phenoxy) is 1. The molecule has 3 aromatic rings. The molecule has 37 heavy (non-hydrogen) atoms. The lowest BCUT2D eigenvalue weighted by Gasteiger charge is -2.33. The molecule has 0 spiro atoms. The zero-order valence-corrected chi connectivity index (χ0v) is 19.9. The third kappa shape index (κ3) is 7.48. The van der Waals surface area contributed by atoms with Crippen LogP contribution in [0.2, 0.25) is 0 Å². The van der Waals surface area contributed by atoms with Gasteiger partial charge < -0.3 is 24.6 Å². The molecule has 1 atom stereocenters. The summed E-state index contributed by atoms with van der Waals surface area (Å²) in [6, 6.07) is 14.4. The Morgan fingerprint density at radius 2 is 1.84 bits per heavy atom. The number of hydrogen-bond acceptors (Lipinski definition) is 5. The lowest BCUT2D eigenvalue weighted by Crippen LogP contribution is -2.47. The molecule has 2 aromatic carbocycles. The summed E-state index contributed by atoms with van der Waals surface area (Å²) in [5, 5.41) is 12.3. The van der Waals surface area contributed by atoms with Crippen molar-refractivity contribution in [2.45, 2.75) is 38.2 Å². The third-order valence-electron chi connectivity index (χ3n) is 6.20. The second-order valence-corrected chi connectivity index (χ2v) is 8.93. The van der Waals surface area contributed by atoms with Crippen molar-refractivity contribution in [3.8, 4) is 5.75 Å². The normalized spacial score (nSPS) is 15.3. The van der Waals surface area contributed by atoms with Crippen LogP contribution in [-0.4, -0.2) is 52.0 Å². The van der Waals surface area contributed by atoms with Crippen molar-refractivity contribution in [2.24, 2.45) is 5.92 Å². The average molecular weight is 517 g/mol. The third-order valence-corrected chi connectivity index (χ3v) is 6.20. The highest BCUT2D eigenvalue weighted by atomic mass is 19.4. The molecular formula is C26H27F3N4O4. The fraction of sp³-hybridized carbons (Fsp3) is 0.346. The number of piperidine rings is 1. The van der Waals surface area contributed by atoms with Crippen LogP contribution in [0.25, 0.3) is 0 Å². The molecule has 1 saturated heterocycles. The van der Waals surface area contributed by atoms with E-state index in [0.717, 1.165) is 5.56 Å². The summed E-state index contributed by atoms with van der Waals surface area (Å²) in [5.74, 6) is -2.21. The first-order valence-corrected chi connectivity index (χ1v) is 11.8. The van der Waals surface area contributed by atoms with Gasteiger partial charge in [-0.05, 0) is 30.5 Å². The van der Waals surface area contributed by atoms with Crippen molar-refractivity contribution < 1.29 is 32.6 Å². The number of anilines is 1. The second-order valence-electron chi connectivity index (χ2n) is 8.93. The van der Waals surface area contributed by atoms with Gasteiger partial charge in [-0.2, -0.15) is 0 Å². The summed E-state index contributed by atoms with van der Waals surface area (Å²) in [7, 11) is 0. The van der Waals surface area contributed by atoms with Crippen molar-refractivity contribution in [1.82, 2.24) is 14.9 Å². The van der Waals surface area contributed by atoms with Crippen molar-refractivity contribution >= 4 is 17.6 Å². The number of amides is 1. The van der Waals surface area contributed by atoms with Crippen molar-refractivity contribution in [3.63, 3.8) is 0 Å². The standard InChI is InChI=1S/C26H27F3N4O4/c27-26(28,29)37-22-8-4-7-21(14-22)33-11-9-19(10-12-33)24(34)31-23(25(35)36)13-20-16-32(17-30-20)15-18-5-2-1-3-6-18/h1-8,14,16-17,19,23H,9-13,15H2,(H,31,34)(H,35,36). The van der Waals surface area contributed by atoms with Gasteiger partial charge in [0.05, 0.1) is 12.0 Å². The maximum absolute atomic E-state index is 12.8. The number of halogens is 3. The van der Waals surface area contributed by atoms with Crippen LogP contribution in [0.3, 0.4) is 0 Å². The maximum atomic E-state index is 12.8. The Hall–Kier alpha value is -4.02. The quantitative estimate of drug-likeness (QED) is 0.449. The maximum Gasteiger partial charge on any atom is 0.573 e. The largest absolute Gasteiger partial charge is 0.573 e. The van der Waals surface area contributed by atoms with E-state index < -0.39 is 24.3 Å². The number of aliphatic carboxylic acids is 1. The van der Waals surface area contributed by atoms with E-state index in [1.807, 2.05) is 39.8 Å². The molecule has 1 unspecified atom stereocenters. The van der Waals surface area contributed by atoms with Crippen LogP contribution < -0.4 is 15.0 Å². The minimum atomic E-state index is -4.77. The van der Waals surface area contributed by atoms with Crippen LogP contribution in [0.15, 0.2) is 67.1 Å². The molecule has 11 heteroatoms. The summed E-state index contributed by atoms with van der Waals surface area (Å²) in [6.45, 7) is 1.48. The predicted octanol–water partition coefficient (Wildman–Crippen LogP) is 3.86. The summed E-state index contributed by atoms with van der Waals surface area (Å²) >= 11 is 0. The number of benzene rings is 2. The number of alkyl halides is 3. The van der Waals surface area contributed by atoms with Crippen LogP contribution in [0.4, 0.5) is 18.9 Å². The van der Waals surface area contributed by atoms with E-state index in [2.05, 4.69) is 15.0 Å². The first kappa shape index (κ1) is 26.1. The molecule has 1 aliphatic rings. The Kier molecular flexibility index (Phi) is 8.00. The number of imidazole rings is 1. The Morgan fingerprint density at radius 1 is 1.11 bits per heavy atom. The molecule has 1 fully saturated rings. The number of aromatic nitrogens is 2. The molecule has 0 bridgehead atoms. The molecule has 0 aliphatic carbocycles. The lowest BCUT2D eigenvalue weighted by atomic mass is 9.95. The highest BCUT2D eigenvalue weighted by molar-refractivity contribution is 5.85. The van der Waals surface area contributed by atoms with Gasteiger partial charge in [-0.1, -0.05) is 36.4 Å².